The number of aromatic nitrogens is 2. The molecule has 0 amide bonds. The SMILES string of the molecule is CCOC(=O)c1c[nH]n(-c2ccc(Cl)c(Cl)c2)c1=O. The zero-order chi connectivity index (χ0) is 14.0. The maximum Gasteiger partial charge on any atom is 0.345 e. The molecule has 7 heteroatoms. The molecular formula is C12H10Cl2N2O3. The summed E-state index contributed by atoms with van der Waals surface area (Å²) in [5.74, 6) is -0.664. The van der Waals surface area contributed by atoms with Crippen molar-refractivity contribution in [1.82, 2.24) is 9.78 Å². The van der Waals surface area contributed by atoms with Gasteiger partial charge in [0.15, 0.2) is 0 Å². The summed E-state index contributed by atoms with van der Waals surface area (Å²) in [6.07, 6.45) is 1.29. The van der Waals surface area contributed by atoms with E-state index in [0.29, 0.717) is 15.7 Å². The van der Waals surface area contributed by atoms with Crippen molar-refractivity contribution in [3.05, 3.63) is 50.4 Å². The number of benzene rings is 1. The number of nitrogens with one attached hydrogen (secondary N) is 1. The number of aromatic amines is 1. The minimum atomic E-state index is -0.664. The van der Waals surface area contributed by atoms with Gasteiger partial charge in [0.25, 0.3) is 5.56 Å². The Balaban J connectivity index is 2.44. The Labute approximate surface area is 118 Å². The van der Waals surface area contributed by atoms with Crippen LogP contribution in [0, 0.1) is 0 Å². The fourth-order valence-corrected chi connectivity index (χ4v) is 1.83. The quantitative estimate of drug-likeness (QED) is 0.886. The molecular weight excluding hydrogens is 291 g/mol. The Hall–Kier alpha value is -1.72. The van der Waals surface area contributed by atoms with E-state index in [2.05, 4.69) is 5.10 Å². The molecule has 0 bridgehead atoms. The van der Waals surface area contributed by atoms with E-state index in [4.69, 9.17) is 27.9 Å². The molecule has 100 valence electrons. The van der Waals surface area contributed by atoms with Gasteiger partial charge in [-0.3, -0.25) is 9.89 Å². The topological polar surface area (TPSA) is 64.1 Å². The Morgan fingerprint density at radius 2 is 2.11 bits per heavy atom. The number of esters is 1. The molecule has 0 fully saturated rings. The van der Waals surface area contributed by atoms with Crippen LogP contribution in [0.5, 0.6) is 0 Å². The first-order chi connectivity index (χ1) is 9.04. The van der Waals surface area contributed by atoms with E-state index in [1.807, 2.05) is 0 Å². The van der Waals surface area contributed by atoms with Gasteiger partial charge < -0.3 is 4.74 Å². The fraction of sp³-hybridized carbons (Fsp3) is 0.167. The highest BCUT2D eigenvalue weighted by Crippen LogP contribution is 2.23. The summed E-state index contributed by atoms with van der Waals surface area (Å²) in [6.45, 7) is 1.87. The van der Waals surface area contributed by atoms with Crippen molar-refractivity contribution in [2.75, 3.05) is 6.61 Å². The zero-order valence-electron chi connectivity index (χ0n) is 9.94. The lowest BCUT2D eigenvalue weighted by Crippen LogP contribution is -2.21. The molecule has 0 aliphatic heterocycles. The third-order valence-corrected chi connectivity index (χ3v) is 3.17. The number of carbonyl (C=O) groups is 1. The molecule has 0 unspecified atom stereocenters. The van der Waals surface area contributed by atoms with Crippen molar-refractivity contribution in [2.45, 2.75) is 6.92 Å². The van der Waals surface area contributed by atoms with Crippen molar-refractivity contribution in [1.29, 1.82) is 0 Å². The van der Waals surface area contributed by atoms with Crippen molar-refractivity contribution in [2.24, 2.45) is 0 Å². The van der Waals surface area contributed by atoms with Crippen LogP contribution in [0.3, 0.4) is 0 Å². The van der Waals surface area contributed by atoms with Crippen LogP contribution in [0.25, 0.3) is 5.69 Å². The van der Waals surface area contributed by atoms with E-state index in [9.17, 15) is 9.59 Å². The van der Waals surface area contributed by atoms with Crippen molar-refractivity contribution >= 4 is 29.2 Å². The van der Waals surface area contributed by atoms with Crippen molar-refractivity contribution in [3.8, 4) is 5.69 Å². The molecule has 0 radical (unpaired) electrons. The van der Waals surface area contributed by atoms with Gasteiger partial charge in [0, 0.05) is 6.20 Å². The van der Waals surface area contributed by atoms with Gasteiger partial charge in [0.2, 0.25) is 0 Å². The van der Waals surface area contributed by atoms with Crippen molar-refractivity contribution in [3.63, 3.8) is 0 Å². The molecule has 19 heavy (non-hydrogen) atoms. The normalized spacial score (nSPS) is 10.5. The zero-order valence-corrected chi connectivity index (χ0v) is 11.5. The molecule has 1 aromatic carbocycles. The number of nitrogens with zero attached hydrogens (tertiary/aromatic N) is 1. The average Bonchev–Trinajstić information content (AvgIpc) is 2.75. The smallest absolute Gasteiger partial charge is 0.345 e. The Morgan fingerprint density at radius 3 is 2.74 bits per heavy atom. The average molecular weight is 301 g/mol. The second-order valence-corrected chi connectivity index (χ2v) is 4.46. The van der Waals surface area contributed by atoms with E-state index in [1.54, 1.807) is 19.1 Å². The van der Waals surface area contributed by atoms with Crippen LogP contribution in [0.15, 0.2) is 29.2 Å². The highest BCUT2D eigenvalue weighted by Gasteiger charge is 2.16. The van der Waals surface area contributed by atoms with Crippen LogP contribution >= 0.6 is 23.2 Å². The van der Waals surface area contributed by atoms with Gasteiger partial charge in [0.1, 0.15) is 5.56 Å². The highest BCUT2D eigenvalue weighted by atomic mass is 35.5. The van der Waals surface area contributed by atoms with Crippen LogP contribution in [0.4, 0.5) is 0 Å². The Morgan fingerprint density at radius 1 is 1.37 bits per heavy atom. The molecule has 5 nitrogen and oxygen atoms in total. The van der Waals surface area contributed by atoms with Gasteiger partial charge in [-0.2, -0.15) is 0 Å². The van der Waals surface area contributed by atoms with Gasteiger partial charge in [-0.25, -0.2) is 9.48 Å². The van der Waals surface area contributed by atoms with E-state index in [1.165, 1.54) is 16.9 Å². The summed E-state index contributed by atoms with van der Waals surface area (Å²) < 4.78 is 5.97. The third-order valence-electron chi connectivity index (χ3n) is 2.43. The lowest BCUT2D eigenvalue weighted by molar-refractivity contribution is 0.0525. The fourth-order valence-electron chi connectivity index (χ4n) is 1.54. The van der Waals surface area contributed by atoms with Gasteiger partial charge in [-0.1, -0.05) is 23.2 Å². The van der Waals surface area contributed by atoms with Crippen molar-refractivity contribution < 1.29 is 9.53 Å². The monoisotopic (exact) mass is 300 g/mol. The second kappa shape index (κ2) is 5.50. The Kier molecular flexibility index (Phi) is 3.97. The minimum absolute atomic E-state index is 0.0621. The first kappa shape index (κ1) is 13.7. The second-order valence-electron chi connectivity index (χ2n) is 3.65. The molecule has 0 saturated carbocycles. The Bertz CT molecular complexity index is 676. The molecule has 1 heterocycles. The van der Waals surface area contributed by atoms with E-state index in [-0.39, 0.29) is 12.2 Å². The maximum absolute atomic E-state index is 12.0. The largest absolute Gasteiger partial charge is 0.462 e. The number of ether oxygens (including phenoxy) is 1. The van der Waals surface area contributed by atoms with Crippen LogP contribution < -0.4 is 5.56 Å². The molecule has 1 aromatic heterocycles. The number of H-pyrrole nitrogens is 1. The molecule has 0 aliphatic carbocycles. The molecule has 2 aromatic rings. The van der Waals surface area contributed by atoms with Gasteiger partial charge >= 0.3 is 5.97 Å². The number of halogens is 2. The molecule has 1 N–H and O–H groups in total. The summed E-state index contributed by atoms with van der Waals surface area (Å²) >= 11 is 11.7. The molecule has 0 aliphatic rings. The van der Waals surface area contributed by atoms with Gasteiger partial charge in [0.05, 0.1) is 22.3 Å². The number of hydrogen-bond acceptors (Lipinski definition) is 3. The summed E-state index contributed by atoms with van der Waals surface area (Å²) in [7, 11) is 0. The van der Waals surface area contributed by atoms with Gasteiger partial charge in [-0.05, 0) is 25.1 Å². The first-order valence-electron chi connectivity index (χ1n) is 5.47. The predicted octanol–water partition coefficient (Wildman–Crippen LogP) is 2.65. The molecule has 0 atom stereocenters. The number of rotatable bonds is 3. The van der Waals surface area contributed by atoms with Gasteiger partial charge in [-0.15, -0.1) is 0 Å². The van der Waals surface area contributed by atoms with Crippen LogP contribution in [0.1, 0.15) is 17.3 Å². The lowest BCUT2D eigenvalue weighted by Gasteiger charge is -2.03. The molecule has 0 saturated heterocycles. The number of carbonyl (C=O) groups excluding carboxylic acids is 1. The standard InChI is InChI=1S/C12H10Cl2N2O3/c1-2-19-12(18)8-6-15-16(11(8)17)7-3-4-9(13)10(14)5-7/h3-6,15H,2H2,1H3. The highest BCUT2D eigenvalue weighted by molar-refractivity contribution is 6.42. The summed E-state index contributed by atoms with van der Waals surface area (Å²) in [5, 5.41) is 3.38. The van der Waals surface area contributed by atoms with Crippen LogP contribution in [-0.2, 0) is 4.74 Å². The lowest BCUT2D eigenvalue weighted by atomic mass is 10.3. The molecule has 2 rings (SSSR count). The predicted molar refractivity (Wildman–Crippen MR) is 72.4 cm³/mol. The summed E-state index contributed by atoms with van der Waals surface area (Å²) in [5.41, 5.74) is -0.0836. The maximum atomic E-state index is 12.0. The minimum Gasteiger partial charge on any atom is -0.462 e. The van der Waals surface area contributed by atoms with E-state index in [0.717, 1.165) is 0 Å². The van der Waals surface area contributed by atoms with E-state index < -0.39 is 11.5 Å². The molecule has 0 spiro atoms. The van der Waals surface area contributed by atoms with Crippen LogP contribution in [0.2, 0.25) is 10.0 Å². The first-order valence-corrected chi connectivity index (χ1v) is 6.23. The third kappa shape index (κ3) is 2.67. The number of hydrogen-bond donors (Lipinski definition) is 1. The van der Waals surface area contributed by atoms with E-state index >= 15 is 0 Å². The summed E-state index contributed by atoms with van der Waals surface area (Å²) in [4.78, 5) is 23.6. The van der Waals surface area contributed by atoms with Crippen LogP contribution in [-0.4, -0.2) is 22.4 Å². The summed E-state index contributed by atoms with van der Waals surface area (Å²) in [6, 6.07) is 4.70.